The first-order valence-electron chi connectivity index (χ1n) is 4.85. The normalized spacial score (nSPS) is 12.1. The Bertz CT molecular complexity index is 453. The highest BCUT2D eigenvalue weighted by molar-refractivity contribution is 7.98. The van der Waals surface area contributed by atoms with Crippen LogP contribution in [0.25, 0.3) is 0 Å². The highest BCUT2D eigenvalue weighted by atomic mass is 32.2. The van der Waals surface area contributed by atoms with Crippen LogP contribution < -0.4 is 11.0 Å². The van der Waals surface area contributed by atoms with Gasteiger partial charge in [-0.3, -0.25) is 4.79 Å². The molecule has 0 radical (unpaired) electrons. The van der Waals surface area contributed by atoms with E-state index in [2.05, 4.69) is 15.3 Å². The molecule has 0 spiro atoms. The van der Waals surface area contributed by atoms with Gasteiger partial charge < -0.3 is 20.4 Å². The number of carbonyl (C=O) groups is 2. The molecule has 1 rings (SSSR count). The molecule has 1 heterocycles. The molecule has 0 aliphatic rings. The van der Waals surface area contributed by atoms with Crippen molar-refractivity contribution in [2.45, 2.75) is 12.5 Å². The van der Waals surface area contributed by atoms with E-state index in [0.717, 1.165) is 0 Å². The summed E-state index contributed by atoms with van der Waals surface area (Å²) in [6.45, 7) is 0. The lowest BCUT2D eigenvalue weighted by atomic mass is 10.2. The lowest BCUT2D eigenvalue weighted by Gasteiger charge is -2.12. The van der Waals surface area contributed by atoms with Gasteiger partial charge in [0.05, 0.1) is 0 Å². The van der Waals surface area contributed by atoms with E-state index in [0.29, 0.717) is 12.2 Å². The Labute approximate surface area is 101 Å². The molecule has 0 saturated heterocycles. The topological polar surface area (TPSA) is 115 Å². The fraction of sp³-hybridized carbons (Fsp3) is 0.444. The maximum absolute atomic E-state index is 11.6. The van der Waals surface area contributed by atoms with Crippen LogP contribution in [0.5, 0.6) is 0 Å². The van der Waals surface area contributed by atoms with Crippen molar-refractivity contribution in [3.63, 3.8) is 0 Å². The Morgan fingerprint density at radius 2 is 2.29 bits per heavy atom. The summed E-state index contributed by atoms with van der Waals surface area (Å²) in [6, 6.07) is -0.951. The summed E-state index contributed by atoms with van der Waals surface area (Å²) in [5.41, 5.74) is -0.489. The van der Waals surface area contributed by atoms with Crippen LogP contribution in [0.3, 0.4) is 0 Å². The van der Waals surface area contributed by atoms with E-state index < -0.39 is 23.6 Å². The molecule has 0 aliphatic carbocycles. The Kier molecular flexibility index (Phi) is 4.83. The number of carboxylic acids is 1. The number of hydrogen-bond acceptors (Lipinski definition) is 4. The van der Waals surface area contributed by atoms with E-state index in [9.17, 15) is 14.4 Å². The number of aliphatic carboxylic acids is 1. The summed E-state index contributed by atoms with van der Waals surface area (Å²) in [5.74, 6) is -1.08. The number of carbonyl (C=O) groups excluding carboxylic acids is 1. The highest BCUT2D eigenvalue weighted by Gasteiger charge is 2.20. The molecular weight excluding hydrogens is 246 g/mol. The van der Waals surface area contributed by atoms with Crippen LogP contribution in [0.2, 0.25) is 0 Å². The van der Waals surface area contributed by atoms with Crippen LogP contribution in [0.1, 0.15) is 16.9 Å². The Morgan fingerprint density at radius 1 is 1.59 bits per heavy atom. The van der Waals surface area contributed by atoms with Crippen molar-refractivity contribution in [2.75, 3.05) is 12.0 Å². The molecule has 4 N–H and O–H groups in total. The third-order valence-electron chi connectivity index (χ3n) is 2.05. The van der Waals surface area contributed by atoms with Crippen LogP contribution in [-0.4, -0.2) is 45.0 Å². The summed E-state index contributed by atoms with van der Waals surface area (Å²) in [7, 11) is 0. The van der Waals surface area contributed by atoms with E-state index in [-0.39, 0.29) is 5.69 Å². The molecule has 94 valence electrons. The number of nitrogens with one attached hydrogen (secondary N) is 3. The first-order chi connectivity index (χ1) is 8.04. The van der Waals surface area contributed by atoms with Crippen molar-refractivity contribution in [3.05, 3.63) is 22.4 Å². The molecule has 1 unspecified atom stereocenters. The van der Waals surface area contributed by atoms with Crippen molar-refractivity contribution in [3.8, 4) is 0 Å². The molecule has 1 aromatic heterocycles. The van der Waals surface area contributed by atoms with Gasteiger partial charge in [0.1, 0.15) is 11.7 Å². The van der Waals surface area contributed by atoms with E-state index in [1.807, 2.05) is 6.26 Å². The van der Waals surface area contributed by atoms with Crippen molar-refractivity contribution in [2.24, 2.45) is 0 Å². The molecule has 8 heteroatoms. The van der Waals surface area contributed by atoms with E-state index in [1.165, 1.54) is 18.0 Å². The van der Waals surface area contributed by atoms with Gasteiger partial charge >= 0.3 is 11.7 Å². The number of H-pyrrole nitrogens is 2. The maximum Gasteiger partial charge on any atom is 0.326 e. The number of rotatable bonds is 6. The van der Waals surface area contributed by atoms with Gasteiger partial charge in [-0.25, -0.2) is 9.59 Å². The second-order valence-corrected chi connectivity index (χ2v) is 4.29. The molecule has 0 aromatic carbocycles. The number of aromatic amines is 2. The fourth-order valence-electron chi connectivity index (χ4n) is 1.18. The van der Waals surface area contributed by atoms with Crippen molar-refractivity contribution in [1.82, 2.24) is 15.3 Å². The maximum atomic E-state index is 11.6. The van der Waals surface area contributed by atoms with Gasteiger partial charge in [-0.05, 0) is 18.4 Å². The van der Waals surface area contributed by atoms with Gasteiger partial charge in [-0.2, -0.15) is 11.8 Å². The predicted octanol–water partition coefficient (Wildman–Crippen LogP) is -0.361. The van der Waals surface area contributed by atoms with Crippen molar-refractivity contribution < 1.29 is 14.7 Å². The molecule has 0 bridgehead atoms. The van der Waals surface area contributed by atoms with Gasteiger partial charge in [0.25, 0.3) is 5.91 Å². The van der Waals surface area contributed by atoms with Crippen molar-refractivity contribution in [1.29, 1.82) is 0 Å². The lowest BCUT2D eigenvalue weighted by Crippen LogP contribution is -2.41. The van der Waals surface area contributed by atoms with Gasteiger partial charge in [-0.15, -0.1) is 0 Å². The lowest BCUT2D eigenvalue weighted by molar-refractivity contribution is -0.139. The minimum absolute atomic E-state index is 0.0189. The number of imidazole rings is 1. The SMILES string of the molecule is CSCCC(NC(=O)c1c[nH]c(=O)[nH]1)C(=O)O. The van der Waals surface area contributed by atoms with Crippen LogP contribution in [0, 0.1) is 0 Å². The molecule has 1 amide bonds. The zero-order valence-corrected chi connectivity index (χ0v) is 9.97. The van der Waals surface area contributed by atoms with Gasteiger partial charge in [0.2, 0.25) is 0 Å². The zero-order valence-electron chi connectivity index (χ0n) is 9.15. The predicted molar refractivity (Wildman–Crippen MR) is 63.3 cm³/mol. The minimum atomic E-state index is -1.09. The van der Waals surface area contributed by atoms with Crippen LogP contribution in [0.4, 0.5) is 0 Å². The van der Waals surface area contributed by atoms with Crippen LogP contribution in [-0.2, 0) is 4.79 Å². The second-order valence-electron chi connectivity index (χ2n) is 3.30. The number of hydrogen-bond donors (Lipinski definition) is 4. The third kappa shape index (κ3) is 3.99. The fourth-order valence-corrected chi connectivity index (χ4v) is 1.65. The summed E-state index contributed by atoms with van der Waals surface area (Å²) in [4.78, 5) is 37.7. The van der Waals surface area contributed by atoms with Gasteiger partial charge in [0.15, 0.2) is 0 Å². The standard InChI is InChI=1S/C9H13N3O4S/c1-17-3-2-5(8(14)15)11-7(13)6-4-10-9(16)12-6/h4-5H,2-3H2,1H3,(H,11,13)(H,14,15)(H2,10,12,16). The summed E-state index contributed by atoms with van der Waals surface area (Å²) >= 11 is 1.50. The minimum Gasteiger partial charge on any atom is -0.480 e. The van der Waals surface area contributed by atoms with Crippen molar-refractivity contribution >= 4 is 23.6 Å². The van der Waals surface area contributed by atoms with E-state index in [1.54, 1.807) is 0 Å². The average Bonchev–Trinajstić information content (AvgIpc) is 2.70. The summed E-state index contributed by atoms with van der Waals surface area (Å²) < 4.78 is 0. The number of aromatic nitrogens is 2. The molecule has 0 saturated carbocycles. The molecular formula is C9H13N3O4S. The van der Waals surface area contributed by atoms with Gasteiger partial charge in [-0.1, -0.05) is 0 Å². The highest BCUT2D eigenvalue weighted by Crippen LogP contribution is 2.02. The summed E-state index contributed by atoms with van der Waals surface area (Å²) in [6.07, 6.45) is 3.38. The number of thioether (sulfide) groups is 1. The summed E-state index contributed by atoms with van der Waals surface area (Å²) in [5, 5.41) is 11.2. The monoisotopic (exact) mass is 259 g/mol. The first-order valence-corrected chi connectivity index (χ1v) is 6.24. The Hall–Kier alpha value is -1.70. The van der Waals surface area contributed by atoms with Gasteiger partial charge in [0, 0.05) is 6.20 Å². The Balaban J connectivity index is 2.64. The van der Waals surface area contributed by atoms with Crippen LogP contribution >= 0.6 is 11.8 Å². The zero-order chi connectivity index (χ0) is 12.8. The molecule has 17 heavy (non-hydrogen) atoms. The third-order valence-corrected chi connectivity index (χ3v) is 2.70. The molecule has 0 aliphatic heterocycles. The van der Waals surface area contributed by atoms with E-state index >= 15 is 0 Å². The number of carboxylic acid groups (broad SMARTS) is 1. The molecule has 1 aromatic rings. The number of amides is 1. The Morgan fingerprint density at radius 3 is 2.76 bits per heavy atom. The smallest absolute Gasteiger partial charge is 0.326 e. The molecule has 0 fully saturated rings. The van der Waals surface area contributed by atoms with E-state index in [4.69, 9.17) is 5.11 Å². The molecule has 1 atom stereocenters. The molecule has 7 nitrogen and oxygen atoms in total. The average molecular weight is 259 g/mol. The largest absolute Gasteiger partial charge is 0.480 e. The first kappa shape index (κ1) is 13.4. The van der Waals surface area contributed by atoms with Crippen LogP contribution in [0.15, 0.2) is 11.0 Å². The second kappa shape index (κ2) is 6.14. The quantitative estimate of drug-likeness (QED) is 0.557.